The number of benzene rings is 2. The summed E-state index contributed by atoms with van der Waals surface area (Å²) in [7, 11) is -3.78. The molecule has 0 saturated carbocycles. The van der Waals surface area contributed by atoms with Crippen LogP contribution in [0.1, 0.15) is 24.2 Å². The first-order valence-electron chi connectivity index (χ1n) is 9.72. The molecule has 9 heteroatoms. The number of anilines is 2. The number of rotatable bonds is 3. The highest BCUT2D eigenvalue weighted by atomic mass is 32.2. The molecule has 2 aliphatic heterocycles. The minimum atomic E-state index is -3.78. The molecule has 1 saturated heterocycles. The van der Waals surface area contributed by atoms with Gasteiger partial charge in [-0.15, -0.1) is 0 Å². The lowest BCUT2D eigenvalue weighted by Crippen LogP contribution is -2.48. The van der Waals surface area contributed by atoms with Gasteiger partial charge in [-0.05, 0) is 44.2 Å². The third-order valence-electron chi connectivity index (χ3n) is 5.12. The van der Waals surface area contributed by atoms with Crippen LogP contribution < -0.4 is 10.2 Å². The van der Waals surface area contributed by atoms with Crippen LogP contribution in [0.2, 0.25) is 0 Å². The lowest BCUT2D eigenvalue weighted by molar-refractivity contribution is -0.115. The SMILES string of the molecule is C[C@@H]1CN(S(=O)(=O)c2cccc(C(=O)N3CC(=O)Nc4ccccc43)c2)C[C@@H](C)O1. The van der Waals surface area contributed by atoms with Crippen molar-refractivity contribution in [1.29, 1.82) is 0 Å². The number of hydrogen-bond acceptors (Lipinski definition) is 5. The molecule has 2 atom stereocenters. The highest BCUT2D eigenvalue weighted by Gasteiger charge is 2.33. The molecule has 4 rings (SSSR count). The Morgan fingerprint density at radius 2 is 1.77 bits per heavy atom. The second-order valence-electron chi connectivity index (χ2n) is 7.56. The van der Waals surface area contributed by atoms with Crippen LogP contribution in [-0.4, -0.2) is 56.4 Å². The maximum Gasteiger partial charge on any atom is 0.258 e. The van der Waals surface area contributed by atoms with Crippen molar-refractivity contribution >= 4 is 33.2 Å². The van der Waals surface area contributed by atoms with Gasteiger partial charge in [0.15, 0.2) is 0 Å². The fraction of sp³-hybridized carbons (Fsp3) is 0.333. The van der Waals surface area contributed by atoms with Gasteiger partial charge in [0.2, 0.25) is 15.9 Å². The maximum atomic E-state index is 13.2. The van der Waals surface area contributed by atoms with Crippen molar-refractivity contribution in [3.8, 4) is 0 Å². The first-order chi connectivity index (χ1) is 14.3. The normalized spacial score (nSPS) is 22.3. The fourth-order valence-corrected chi connectivity index (χ4v) is 5.47. The average molecular weight is 429 g/mol. The molecule has 2 aromatic rings. The van der Waals surface area contributed by atoms with Gasteiger partial charge in [-0.3, -0.25) is 14.5 Å². The highest BCUT2D eigenvalue weighted by Crippen LogP contribution is 2.30. The number of para-hydroxylation sites is 2. The van der Waals surface area contributed by atoms with Crippen molar-refractivity contribution in [3.63, 3.8) is 0 Å². The van der Waals surface area contributed by atoms with Gasteiger partial charge >= 0.3 is 0 Å². The standard InChI is InChI=1S/C21H23N3O5S/c1-14-11-23(12-15(2)29-14)30(27,28)17-7-5-6-16(10-17)21(26)24-13-20(25)22-18-8-3-4-9-19(18)24/h3-10,14-15H,11-13H2,1-2H3,(H,22,25)/t14-,15-/m1/s1. The van der Waals surface area contributed by atoms with Crippen molar-refractivity contribution in [2.45, 2.75) is 31.0 Å². The van der Waals surface area contributed by atoms with E-state index in [1.54, 1.807) is 36.4 Å². The van der Waals surface area contributed by atoms with Crippen LogP contribution in [0.4, 0.5) is 11.4 Å². The number of sulfonamides is 1. The summed E-state index contributed by atoms with van der Waals surface area (Å²) in [4.78, 5) is 26.6. The molecule has 30 heavy (non-hydrogen) atoms. The van der Waals surface area contributed by atoms with Gasteiger partial charge in [0.1, 0.15) is 6.54 Å². The highest BCUT2D eigenvalue weighted by molar-refractivity contribution is 7.89. The van der Waals surface area contributed by atoms with Gasteiger partial charge in [-0.1, -0.05) is 18.2 Å². The maximum absolute atomic E-state index is 13.2. The second-order valence-corrected chi connectivity index (χ2v) is 9.50. The van der Waals surface area contributed by atoms with Crippen LogP contribution >= 0.6 is 0 Å². The molecule has 0 aliphatic carbocycles. The first-order valence-corrected chi connectivity index (χ1v) is 11.2. The summed E-state index contributed by atoms with van der Waals surface area (Å²) >= 11 is 0. The Bertz CT molecular complexity index is 1090. The number of nitrogens with one attached hydrogen (secondary N) is 1. The number of fused-ring (bicyclic) bond motifs is 1. The van der Waals surface area contributed by atoms with E-state index in [0.29, 0.717) is 11.4 Å². The number of nitrogens with zero attached hydrogens (tertiary/aromatic N) is 2. The van der Waals surface area contributed by atoms with Crippen LogP contribution in [-0.2, 0) is 19.6 Å². The Morgan fingerprint density at radius 3 is 2.50 bits per heavy atom. The molecule has 0 radical (unpaired) electrons. The van der Waals surface area contributed by atoms with Gasteiger partial charge in [-0.2, -0.15) is 4.31 Å². The predicted octanol–water partition coefficient (Wildman–Crippen LogP) is 2.08. The van der Waals surface area contributed by atoms with Gasteiger partial charge in [-0.25, -0.2) is 8.42 Å². The van der Waals surface area contributed by atoms with E-state index in [9.17, 15) is 18.0 Å². The van der Waals surface area contributed by atoms with Gasteiger partial charge < -0.3 is 10.1 Å². The van der Waals surface area contributed by atoms with E-state index in [1.165, 1.54) is 21.3 Å². The quantitative estimate of drug-likeness (QED) is 0.806. The molecular weight excluding hydrogens is 406 g/mol. The van der Waals surface area contributed by atoms with Crippen molar-refractivity contribution in [2.24, 2.45) is 0 Å². The molecule has 2 aliphatic rings. The van der Waals surface area contributed by atoms with E-state index >= 15 is 0 Å². The number of carbonyl (C=O) groups is 2. The average Bonchev–Trinajstić information content (AvgIpc) is 2.72. The van der Waals surface area contributed by atoms with Crippen LogP contribution in [0.25, 0.3) is 0 Å². The van der Waals surface area contributed by atoms with E-state index in [4.69, 9.17) is 4.74 Å². The van der Waals surface area contributed by atoms with Crippen molar-refractivity contribution in [1.82, 2.24) is 4.31 Å². The number of carbonyl (C=O) groups excluding carboxylic acids is 2. The summed E-state index contributed by atoms with van der Waals surface area (Å²) in [5, 5.41) is 2.74. The Hall–Kier alpha value is -2.75. The lowest BCUT2D eigenvalue weighted by atomic mass is 10.1. The second kappa shape index (κ2) is 7.82. The number of ether oxygens (including phenoxy) is 1. The van der Waals surface area contributed by atoms with E-state index in [2.05, 4.69) is 5.32 Å². The molecule has 2 heterocycles. The van der Waals surface area contributed by atoms with Crippen LogP contribution in [0, 0.1) is 0 Å². The van der Waals surface area contributed by atoms with E-state index in [1.807, 2.05) is 13.8 Å². The van der Waals surface area contributed by atoms with Crippen LogP contribution in [0.5, 0.6) is 0 Å². The molecule has 2 aromatic carbocycles. The Morgan fingerprint density at radius 1 is 1.07 bits per heavy atom. The first kappa shape index (κ1) is 20.5. The summed E-state index contributed by atoms with van der Waals surface area (Å²) in [5.74, 6) is -0.736. The van der Waals surface area contributed by atoms with Crippen LogP contribution in [0.15, 0.2) is 53.4 Å². The number of morpholine rings is 1. The fourth-order valence-electron chi connectivity index (χ4n) is 3.84. The summed E-state index contributed by atoms with van der Waals surface area (Å²) in [5.41, 5.74) is 1.32. The van der Waals surface area contributed by atoms with Crippen molar-refractivity contribution in [2.75, 3.05) is 29.9 Å². The smallest absolute Gasteiger partial charge is 0.258 e. The monoisotopic (exact) mass is 429 g/mol. The third-order valence-corrected chi connectivity index (χ3v) is 6.95. The molecule has 0 bridgehead atoms. The zero-order valence-electron chi connectivity index (χ0n) is 16.7. The summed E-state index contributed by atoms with van der Waals surface area (Å²) in [6, 6.07) is 13.0. The third kappa shape index (κ3) is 3.83. The summed E-state index contributed by atoms with van der Waals surface area (Å²) in [6.45, 7) is 4.04. The zero-order chi connectivity index (χ0) is 21.5. The topological polar surface area (TPSA) is 96.0 Å². The molecule has 158 valence electrons. The minimum Gasteiger partial charge on any atom is -0.373 e. The molecule has 1 N–H and O–H groups in total. The minimum absolute atomic E-state index is 0.0457. The van der Waals surface area contributed by atoms with Crippen LogP contribution in [0.3, 0.4) is 0 Å². The number of amides is 2. The van der Waals surface area contributed by atoms with E-state index in [-0.39, 0.29) is 48.2 Å². The molecule has 2 amide bonds. The van der Waals surface area contributed by atoms with Gasteiger partial charge in [0.25, 0.3) is 5.91 Å². The van der Waals surface area contributed by atoms with Gasteiger partial charge in [0.05, 0.1) is 28.5 Å². The summed E-state index contributed by atoms with van der Waals surface area (Å²) < 4.78 is 33.3. The summed E-state index contributed by atoms with van der Waals surface area (Å²) in [6.07, 6.45) is -0.423. The molecular formula is C21H23N3O5S. The van der Waals surface area contributed by atoms with Gasteiger partial charge in [0, 0.05) is 18.7 Å². The predicted molar refractivity (Wildman–Crippen MR) is 112 cm³/mol. The molecule has 0 spiro atoms. The van der Waals surface area contributed by atoms with E-state index < -0.39 is 15.9 Å². The Labute approximate surface area is 175 Å². The number of hydrogen-bond donors (Lipinski definition) is 1. The molecule has 0 aromatic heterocycles. The molecule has 8 nitrogen and oxygen atoms in total. The largest absolute Gasteiger partial charge is 0.373 e. The molecule has 0 unspecified atom stereocenters. The Balaban J connectivity index is 1.66. The van der Waals surface area contributed by atoms with Crippen molar-refractivity contribution in [3.05, 3.63) is 54.1 Å². The molecule has 1 fully saturated rings. The lowest BCUT2D eigenvalue weighted by Gasteiger charge is -2.34. The zero-order valence-corrected chi connectivity index (χ0v) is 17.6. The van der Waals surface area contributed by atoms with Crippen molar-refractivity contribution < 1.29 is 22.7 Å². The Kier molecular flexibility index (Phi) is 5.35. The van der Waals surface area contributed by atoms with E-state index in [0.717, 1.165) is 0 Å².